The molecule has 2 rings (SSSR count). The van der Waals surface area contributed by atoms with Gasteiger partial charge >= 0.3 is 0 Å². The lowest BCUT2D eigenvalue weighted by atomic mass is 10.1. The van der Waals surface area contributed by atoms with E-state index in [4.69, 9.17) is 9.47 Å². The number of nitrogens with zero attached hydrogens (tertiary/aromatic N) is 2. The maximum absolute atomic E-state index is 5.80. The van der Waals surface area contributed by atoms with Crippen LogP contribution in [0.25, 0.3) is 17.5 Å². The van der Waals surface area contributed by atoms with E-state index in [2.05, 4.69) is 67.2 Å². The summed E-state index contributed by atoms with van der Waals surface area (Å²) in [5, 5.41) is 0. The molecule has 1 atom stereocenters. The molecule has 4 heteroatoms. The fraction of sp³-hybridized carbons (Fsp3) is 0.571. The standard InChI is InChI=1S/C28H42N2O2/c1-4-6-8-9-10-11-12-13-21-32-27-22-29-28(30-23-27)26-18-16-25(17-19-26)15-14-24(3)31-20-7-5-2/h14-19,22-24H,4-13,20-21H2,1-3H3. The first-order valence-electron chi connectivity index (χ1n) is 12.6. The Labute approximate surface area is 195 Å². The molecule has 0 amide bonds. The van der Waals surface area contributed by atoms with Crippen LogP contribution in [0.15, 0.2) is 42.7 Å². The van der Waals surface area contributed by atoms with Crippen molar-refractivity contribution in [1.82, 2.24) is 9.97 Å². The van der Waals surface area contributed by atoms with Gasteiger partial charge in [-0.3, -0.25) is 0 Å². The van der Waals surface area contributed by atoms with Gasteiger partial charge in [0.15, 0.2) is 11.6 Å². The highest BCUT2D eigenvalue weighted by atomic mass is 16.5. The zero-order chi connectivity index (χ0) is 22.9. The number of unbranched alkanes of at least 4 members (excludes halogenated alkanes) is 8. The number of hydrogen-bond donors (Lipinski definition) is 0. The molecule has 32 heavy (non-hydrogen) atoms. The smallest absolute Gasteiger partial charge is 0.159 e. The zero-order valence-corrected chi connectivity index (χ0v) is 20.4. The molecule has 1 aromatic heterocycles. The SMILES string of the molecule is CCCCCCCCCCOc1cnc(-c2ccc(C=CC(C)OCCCC)cc2)nc1. The second-order valence-electron chi connectivity index (χ2n) is 8.48. The zero-order valence-electron chi connectivity index (χ0n) is 20.4. The predicted molar refractivity (Wildman–Crippen MR) is 135 cm³/mol. The van der Waals surface area contributed by atoms with Crippen molar-refractivity contribution in [2.45, 2.75) is 91.1 Å². The Kier molecular flexibility index (Phi) is 13.4. The van der Waals surface area contributed by atoms with Crippen LogP contribution in [0.4, 0.5) is 0 Å². The second kappa shape index (κ2) is 16.4. The molecule has 176 valence electrons. The van der Waals surface area contributed by atoms with Crippen LogP contribution in [-0.4, -0.2) is 29.3 Å². The van der Waals surface area contributed by atoms with Crippen molar-refractivity contribution >= 4 is 6.08 Å². The van der Waals surface area contributed by atoms with E-state index in [9.17, 15) is 0 Å². The Morgan fingerprint density at radius 2 is 1.41 bits per heavy atom. The monoisotopic (exact) mass is 438 g/mol. The fourth-order valence-electron chi connectivity index (χ4n) is 3.42. The Morgan fingerprint density at radius 1 is 0.781 bits per heavy atom. The Bertz CT molecular complexity index is 741. The second-order valence-corrected chi connectivity index (χ2v) is 8.48. The van der Waals surface area contributed by atoms with E-state index >= 15 is 0 Å². The number of hydrogen-bond acceptors (Lipinski definition) is 4. The van der Waals surface area contributed by atoms with Crippen LogP contribution in [0, 0.1) is 0 Å². The van der Waals surface area contributed by atoms with Gasteiger partial charge in [-0.1, -0.05) is 102 Å². The van der Waals surface area contributed by atoms with Crippen molar-refractivity contribution in [3.8, 4) is 17.1 Å². The van der Waals surface area contributed by atoms with Crippen LogP contribution < -0.4 is 4.74 Å². The maximum atomic E-state index is 5.80. The van der Waals surface area contributed by atoms with Gasteiger partial charge in [-0.25, -0.2) is 9.97 Å². The third-order valence-corrected chi connectivity index (χ3v) is 5.50. The first-order valence-corrected chi connectivity index (χ1v) is 12.6. The van der Waals surface area contributed by atoms with Crippen LogP contribution >= 0.6 is 0 Å². The molecule has 0 bridgehead atoms. The largest absolute Gasteiger partial charge is 0.490 e. The summed E-state index contributed by atoms with van der Waals surface area (Å²) in [6.45, 7) is 8.06. The van der Waals surface area contributed by atoms with E-state index in [1.165, 1.54) is 44.9 Å². The van der Waals surface area contributed by atoms with Gasteiger partial charge in [0.1, 0.15) is 0 Å². The molecule has 0 saturated heterocycles. The Morgan fingerprint density at radius 3 is 2.06 bits per heavy atom. The molecule has 0 spiro atoms. The van der Waals surface area contributed by atoms with E-state index < -0.39 is 0 Å². The molecule has 0 aliphatic heterocycles. The molecule has 2 aromatic rings. The molecule has 0 saturated carbocycles. The van der Waals surface area contributed by atoms with Crippen molar-refractivity contribution in [3.05, 3.63) is 48.3 Å². The first-order chi connectivity index (χ1) is 15.7. The lowest BCUT2D eigenvalue weighted by molar-refractivity contribution is 0.0955. The van der Waals surface area contributed by atoms with Crippen LogP contribution in [0.5, 0.6) is 5.75 Å². The van der Waals surface area contributed by atoms with E-state index in [0.29, 0.717) is 0 Å². The van der Waals surface area contributed by atoms with E-state index in [1.807, 2.05) is 0 Å². The van der Waals surface area contributed by atoms with Gasteiger partial charge in [0.25, 0.3) is 0 Å². The quantitative estimate of drug-likeness (QED) is 0.236. The number of aromatic nitrogens is 2. The minimum atomic E-state index is 0.128. The molecule has 1 unspecified atom stereocenters. The van der Waals surface area contributed by atoms with Crippen LogP contribution in [0.3, 0.4) is 0 Å². The van der Waals surface area contributed by atoms with Gasteiger partial charge in [0.05, 0.1) is 25.1 Å². The minimum Gasteiger partial charge on any atom is -0.490 e. The molecule has 1 aromatic carbocycles. The number of ether oxygens (including phenoxy) is 2. The van der Waals surface area contributed by atoms with Crippen LogP contribution in [-0.2, 0) is 4.74 Å². The number of benzene rings is 1. The number of rotatable bonds is 17. The third-order valence-electron chi connectivity index (χ3n) is 5.50. The van der Waals surface area contributed by atoms with Gasteiger partial charge in [0.2, 0.25) is 0 Å². The van der Waals surface area contributed by atoms with Crippen LogP contribution in [0.2, 0.25) is 0 Å². The molecule has 0 radical (unpaired) electrons. The first kappa shape index (κ1) is 26.1. The highest BCUT2D eigenvalue weighted by molar-refractivity contribution is 5.59. The Hall–Kier alpha value is -2.20. The summed E-state index contributed by atoms with van der Waals surface area (Å²) in [6, 6.07) is 8.28. The molecule has 4 nitrogen and oxygen atoms in total. The van der Waals surface area contributed by atoms with Crippen molar-refractivity contribution < 1.29 is 9.47 Å². The molecule has 0 aliphatic rings. The third kappa shape index (κ3) is 10.9. The Balaban J connectivity index is 1.70. The summed E-state index contributed by atoms with van der Waals surface area (Å²) >= 11 is 0. The summed E-state index contributed by atoms with van der Waals surface area (Å²) in [5.74, 6) is 1.46. The minimum absolute atomic E-state index is 0.128. The summed E-state index contributed by atoms with van der Waals surface area (Å²) in [7, 11) is 0. The lowest BCUT2D eigenvalue weighted by Gasteiger charge is -2.08. The van der Waals surface area contributed by atoms with Gasteiger partial charge < -0.3 is 9.47 Å². The summed E-state index contributed by atoms with van der Waals surface area (Å²) < 4.78 is 11.6. The maximum Gasteiger partial charge on any atom is 0.159 e. The van der Waals surface area contributed by atoms with E-state index in [-0.39, 0.29) is 6.10 Å². The average Bonchev–Trinajstić information content (AvgIpc) is 2.83. The van der Waals surface area contributed by atoms with Crippen molar-refractivity contribution in [1.29, 1.82) is 0 Å². The predicted octanol–water partition coefficient (Wildman–Crippen LogP) is 7.88. The molecular formula is C28H42N2O2. The normalized spacial score (nSPS) is 12.3. The van der Waals surface area contributed by atoms with Gasteiger partial charge in [0, 0.05) is 12.2 Å². The summed E-state index contributed by atoms with van der Waals surface area (Å²) in [5.41, 5.74) is 2.15. The topological polar surface area (TPSA) is 44.2 Å². The molecule has 0 aliphatic carbocycles. The van der Waals surface area contributed by atoms with Crippen molar-refractivity contribution in [3.63, 3.8) is 0 Å². The van der Waals surface area contributed by atoms with Crippen molar-refractivity contribution in [2.24, 2.45) is 0 Å². The molecule has 1 heterocycles. The summed E-state index contributed by atoms with van der Waals surface area (Å²) in [6.07, 6.45) is 20.5. The lowest BCUT2D eigenvalue weighted by Crippen LogP contribution is -2.05. The van der Waals surface area contributed by atoms with E-state index in [0.717, 1.165) is 55.2 Å². The molecular weight excluding hydrogens is 396 g/mol. The van der Waals surface area contributed by atoms with E-state index in [1.54, 1.807) is 12.4 Å². The fourth-order valence-corrected chi connectivity index (χ4v) is 3.42. The van der Waals surface area contributed by atoms with Gasteiger partial charge in [-0.2, -0.15) is 0 Å². The summed E-state index contributed by atoms with van der Waals surface area (Å²) in [4.78, 5) is 8.95. The highest BCUT2D eigenvalue weighted by Gasteiger charge is 2.03. The van der Waals surface area contributed by atoms with Crippen molar-refractivity contribution in [2.75, 3.05) is 13.2 Å². The molecule has 0 N–H and O–H groups in total. The highest BCUT2D eigenvalue weighted by Crippen LogP contribution is 2.18. The van der Waals surface area contributed by atoms with Gasteiger partial charge in [-0.05, 0) is 25.3 Å². The average molecular weight is 439 g/mol. The molecule has 0 fully saturated rings. The van der Waals surface area contributed by atoms with Gasteiger partial charge in [-0.15, -0.1) is 0 Å². The van der Waals surface area contributed by atoms with Crippen LogP contribution in [0.1, 0.15) is 90.5 Å².